The fraction of sp³-hybridized carbons (Fsp3) is 0.600. The SMILES string of the molecule is CC(C)(C)c1csc(C(C)(F)P)c1. The fourth-order valence-electron chi connectivity index (χ4n) is 0.986. The summed E-state index contributed by atoms with van der Waals surface area (Å²) in [4.78, 5) is 0.780. The molecule has 0 fully saturated rings. The zero-order valence-corrected chi connectivity index (χ0v) is 10.5. The van der Waals surface area contributed by atoms with Crippen LogP contribution < -0.4 is 0 Å². The minimum absolute atomic E-state index is 0.116. The van der Waals surface area contributed by atoms with Crippen LogP contribution in [0.1, 0.15) is 38.1 Å². The monoisotopic (exact) mass is 218 g/mol. The Morgan fingerprint density at radius 3 is 2.08 bits per heavy atom. The van der Waals surface area contributed by atoms with Gasteiger partial charge in [-0.15, -0.1) is 11.3 Å². The third-order valence-corrected chi connectivity index (χ3v) is 3.61. The lowest BCUT2D eigenvalue weighted by molar-refractivity contribution is 0.329. The summed E-state index contributed by atoms with van der Waals surface area (Å²) in [7, 11) is 2.23. The van der Waals surface area contributed by atoms with Crippen LogP contribution in [0.2, 0.25) is 0 Å². The first kappa shape index (κ1) is 11.1. The van der Waals surface area contributed by atoms with Gasteiger partial charge in [-0.1, -0.05) is 30.0 Å². The Hall–Kier alpha value is 0.0600. The van der Waals surface area contributed by atoms with Gasteiger partial charge in [-0.05, 0) is 29.3 Å². The van der Waals surface area contributed by atoms with Gasteiger partial charge in [0.2, 0.25) is 0 Å². The molecular formula is C10H16FPS. The Balaban J connectivity index is 3.01. The Labute approximate surface area is 85.8 Å². The van der Waals surface area contributed by atoms with Crippen molar-refractivity contribution in [2.24, 2.45) is 0 Å². The number of halogens is 1. The minimum atomic E-state index is -1.28. The lowest BCUT2D eigenvalue weighted by atomic mass is 9.89. The van der Waals surface area contributed by atoms with Crippen LogP contribution in [0.5, 0.6) is 0 Å². The Morgan fingerprint density at radius 2 is 1.85 bits per heavy atom. The van der Waals surface area contributed by atoms with E-state index in [9.17, 15) is 4.39 Å². The third-order valence-electron chi connectivity index (χ3n) is 1.95. The van der Waals surface area contributed by atoms with E-state index in [1.54, 1.807) is 6.92 Å². The second kappa shape index (κ2) is 3.33. The molecule has 0 saturated heterocycles. The maximum Gasteiger partial charge on any atom is 0.154 e. The van der Waals surface area contributed by atoms with Gasteiger partial charge in [0.05, 0.1) is 0 Å². The van der Waals surface area contributed by atoms with Gasteiger partial charge in [0.1, 0.15) is 0 Å². The van der Waals surface area contributed by atoms with E-state index in [4.69, 9.17) is 0 Å². The summed E-state index contributed by atoms with van der Waals surface area (Å²) in [6, 6.07) is 1.96. The van der Waals surface area contributed by atoms with Crippen molar-refractivity contribution in [3.63, 3.8) is 0 Å². The van der Waals surface area contributed by atoms with Crippen LogP contribution in [0, 0.1) is 0 Å². The molecule has 0 radical (unpaired) electrons. The molecule has 0 N–H and O–H groups in total. The van der Waals surface area contributed by atoms with E-state index < -0.39 is 5.41 Å². The van der Waals surface area contributed by atoms with Crippen LogP contribution in [0.3, 0.4) is 0 Å². The van der Waals surface area contributed by atoms with Crippen molar-refractivity contribution < 1.29 is 4.39 Å². The molecule has 1 aromatic heterocycles. The Kier molecular flexibility index (Phi) is 2.85. The van der Waals surface area contributed by atoms with E-state index in [0.717, 1.165) is 4.88 Å². The molecular weight excluding hydrogens is 202 g/mol. The highest BCUT2D eigenvalue weighted by Crippen LogP contribution is 2.39. The number of hydrogen-bond acceptors (Lipinski definition) is 1. The van der Waals surface area contributed by atoms with Gasteiger partial charge in [-0.25, -0.2) is 4.39 Å². The van der Waals surface area contributed by atoms with E-state index in [-0.39, 0.29) is 5.41 Å². The highest BCUT2D eigenvalue weighted by Gasteiger charge is 2.24. The van der Waals surface area contributed by atoms with Crippen LogP contribution in [0.4, 0.5) is 4.39 Å². The average molecular weight is 218 g/mol. The zero-order valence-electron chi connectivity index (χ0n) is 8.52. The van der Waals surface area contributed by atoms with Crippen LogP contribution in [0.15, 0.2) is 11.4 Å². The summed E-state index contributed by atoms with van der Waals surface area (Å²) in [5, 5.41) is 0.755. The molecule has 0 aromatic carbocycles. The predicted octanol–water partition coefficient (Wildman–Crippen LogP) is 4.06. The Bertz CT molecular complexity index is 262. The van der Waals surface area contributed by atoms with Gasteiger partial charge >= 0.3 is 0 Å². The van der Waals surface area contributed by atoms with Crippen LogP contribution in [0.25, 0.3) is 0 Å². The lowest BCUT2D eigenvalue weighted by Crippen LogP contribution is -2.09. The molecule has 0 bridgehead atoms. The van der Waals surface area contributed by atoms with Gasteiger partial charge in [-0.3, -0.25) is 0 Å². The number of thiophene rings is 1. The first-order chi connectivity index (χ1) is 5.71. The lowest BCUT2D eigenvalue weighted by Gasteiger charge is -2.16. The van der Waals surface area contributed by atoms with E-state index >= 15 is 0 Å². The van der Waals surface area contributed by atoms with Crippen molar-refractivity contribution in [3.05, 3.63) is 21.9 Å². The largest absolute Gasteiger partial charge is 0.234 e. The van der Waals surface area contributed by atoms with Crippen molar-refractivity contribution in [1.82, 2.24) is 0 Å². The smallest absolute Gasteiger partial charge is 0.154 e. The second-order valence-electron chi connectivity index (χ2n) is 4.53. The quantitative estimate of drug-likeness (QED) is 0.623. The first-order valence-electron chi connectivity index (χ1n) is 4.28. The maximum absolute atomic E-state index is 13.5. The molecule has 0 nitrogen and oxygen atoms in total. The summed E-state index contributed by atoms with van der Waals surface area (Å²) in [6.07, 6.45) is 0. The number of hydrogen-bond donors (Lipinski definition) is 0. The van der Waals surface area contributed by atoms with E-state index in [1.165, 1.54) is 16.9 Å². The van der Waals surface area contributed by atoms with Crippen LogP contribution in [-0.4, -0.2) is 0 Å². The topological polar surface area (TPSA) is 0 Å². The molecule has 2 unspecified atom stereocenters. The third kappa shape index (κ3) is 2.75. The molecule has 0 aliphatic rings. The highest BCUT2D eigenvalue weighted by molar-refractivity contribution is 7.20. The van der Waals surface area contributed by atoms with Crippen molar-refractivity contribution >= 4 is 20.6 Å². The van der Waals surface area contributed by atoms with Crippen molar-refractivity contribution in [1.29, 1.82) is 0 Å². The molecule has 0 amide bonds. The molecule has 1 aromatic rings. The summed E-state index contributed by atoms with van der Waals surface area (Å²) in [6.45, 7) is 7.97. The zero-order chi connectivity index (χ0) is 10.3. The molecule has 3 heteroatoms. The molecule has 0 aliphatic heterocycles. The molecule has 1 heterocycles. The molecule has 2 atom stereocenters. The standard InChI is InChI=1S/C10H16FPS/c1-9(2,3)7-5-8(13-6-7)10(4,11)12/h5-6H,12H2,1-4H3. The maximum atomic E-state index is 13.5. The molecule has 0 spiro atoms. The number of rotatable bonds is 1. The van der Waals surface area contributed by atoms with Crippen molar-refractivity contribution in [3.8, 4) is 0 Å². The molecule has 1 rings (SSSR count). The minimum Gasteiger partial charge on any atom is -0.234 e. The molecule has 13 heavy (non-hydrogen) atoms. The second-order valence-corrected chi connectivity index (χ2v) is 6.52. The van der Waals surface area contributed by atoms with E-state index in [2.05, 4.69) is 30.0 Å². The Morgan fingerprint density at radius 1 is 1.31 bits per heavy atom. The summed E-state index contributed by atoms with van der Waals surface area (Å²) in [5.41, 5.74) is 1.32. The first-order valence-corrected chi connectivity index (χ1v) is 5.74. The van der Waals surface area contributed by atoms with Gasteiger partial charge in [0.15, 0.2) is 5.41 Å². The normalized spacial score (nSPS) is 17.1. The molecule has 0 aliphatic carbocycles. The van der Waals surface area contributed by atoms with Gasteiger partial charge in [0, 0.05) is 4.88 Å². The fourth-order valence-corrected chi connectivity index (χ4v) is 2.37. The van der Waals surface area contributed by atoms with E-state index in [1.807, 2.05) is 11.4 Å². The average Bonchev–Trinajstić information content (AvgIpc) is 2.28. The number of alkyl halides is 1. The van der Waals surface area contributed by atoms with Gasteiger partial charge in [-0.2, -0.15) is 0 Å². The summed E-state index contributed by atoms with van der Waals surface area (Å²) in [5.74, 6) is 0. The van der Waals surface area contributed by atoms with Gasteiger partial charge < -0.3 is 0 Å². The van der Waals surface area contributed by atoms with Gasteiger partial charge in [0.25, 0.3) is 0 Å². The van der Waals surface area contributed by atoms with Crippen molar-refractivity contribution in [2.75, 3.05) is 0 Å². The molecule has 74 valence electrons. The highest BCUT2D eigenvalue weighted by atomic mass is 32.1. The van der Waals surface area contributed by atoms with Crippen molar-refractivity contribution in [2.45, 2.75) is 38.5 Å². The van der Waals surface area contributed by atoms with E-state index in [0.29, 0.717) is 0 Å². The van der Waals surface area contributed by atoms with Crippen LogP contribution in [-0.2, 0) is 10.8 Å². The predicted molar refractivity (Wildman–Crippen MR) is 61.2 cm³/mol. The summed E-state index contributed by atoms with van der Waals surface area (Å²) < 4.78 is 13.5. The van der Waals surface area contributed by atoms with Crippen LogP contribution >= 0.6 is 20.6 Å². The molecule has 0 saturated carbocycles. The summed E-state index contributed by atoms with van der Waals surface area (Å²) >= 11 is 1.49.